The lowest BCUT2D eigenvalue weighted by molar-refractivity contribution is -0.135. The van der Waals surface area contributed by atoms with Crippen molar-refractivity contribution in [2.45, 2.75) is 19.4 Å². The molecule has 2 aromatic rings. The number of amides is 2. The fraction of sp³-hybridized carbons (Fsp3) is 0.350. The van der Waals surface area contributed by atoms with Gasteiger partial charge in [-0.05, 0) is 31.2 Å². The number of hydrogen-bond acceptors (Lipinski definition) is 4. The molecule has 0 saturated carbocycles. The zero-order valence-electron chi connectivity index (χ0n) is 14.7. The first-order valence-corrected chi connectivity index (χ1v) is 8.86. The van der Waals surface area contributed by atoms with E-state index in [4.69, 9.17) is 4.74 Å². The molecule has 1 aromatic heterocycles. The smallest absolute Gasteiger partial charge is 0.260 e. The highest BCUT2D eigenvalue weighted by atomic mass is 16.5. The van der Waals surface area contributed by atoms with Crippen molar-refractivity contribution in [2.24, 2.45) is 0 Å². The molecule has 6 heteroatoms. The van der Waals surface area contributed by atoms with Crippen LogP contribution in [-0.2, 0) is 9.53 Å². The number of morpholine rings is 1. The first kappa shape index (κ1) is 16.7. The Labute approximate surface area is 152 Å². The minimum atomic E-state index is -0.378. The van der Waals surface area contributed by atoms with Gasteiger partial charge in [0, 0.05) is 25.0 Å². The number of carbonyl (C=O) groups is 2. The van der Waals surface area contributed by atoms with E-state index < -0.39 is 0 Å². The molecule has 2 amide bonds. The Balaban J connectivity index is 1.66. The molecular weight excluding hydrogens is 330 g/mol. The van der Waals surface area contributed by atoms with Crippen LogP contribution < -0.4 is 4.90 Å². The molecule has 1 fully saturated rings. The summed E-state index contributed by atoms with van der Waals surface area (Å²) in [6.07, 6.45) is 1.90. The van der Waals surface area contributed by atoms with Crippen LogP contribution in [0.3, 0.4) is 0 Å². The topological polar surface area (TPSA) is 62.7 Å². The van der Waals surface area contributed by atoms with Gasteiger partial charge in [-0.25, -0.2) is 0 Å². The van der Waals surface area contributed by atoms with Crippen molar-refractivity contribution in [3.63, 3.8) is 0 Å². The second-order valence-corrected chi connectivity index (χ2v) is 6.66. The summed E-state index contributed by atoms with van der Waals surface area (Å²) < 4.78 is 5.32. The van der Waals surface area contributed by atoms with Gasteiger partial charge in [-0.3, -0.25) is 19.5 Å². The van der Waals surface area contributed by atoms with Crippen LogP contribution in [0.1, 0.15) is 34.1 Å². The summed E-state index contributed by atoms with van der Waals surface area (Å²) in [6, 6.07) is 11.0. The molecule has 1 atom stereocenters. The van der Waals surface area contributed by atoms with E-state index in [1.807, 2.05) is 36.1 Å². The maximum absolute atomic E-state index is 13.0. The molecule has 2 aliphatic heterocycles. The van der Waals surface area contributed by atoms with Crippen LogP contribution in [0.2, 0.25) is 0 Å². The van der Waals surface area contributed by atoms with E-state index >= 15 is 0 Å². The van der Waals surface area contributed by atoms with E-state index in [9.17, 15) is 9.59 Å². The average molecular weight is 351 g/mol. The number of aryl methyl sites for hydroxylation is 1. The third-order valence-corrected chi connectivity index (χ3v) is 4.96. The Kier molecular flexibility index (Phi) is 4.42. The maximum Gasteiger partial charge on any atom is 0.260 e. The van der Waals surface area contributed by atoms with E-state index in [0.29, 0.717) is 37.6 Å². The molecule has 1 unspecified atom stereocenters. The predicted octanol–water partition coefficient (Wildman–Crippen LogP) is 2.34. The lowest BCUT2D eigenvalue weighted by atomic mass is 10.1. The molecule has 2 aliphatic rings. The van der Waals surface area contributed by atoms with Crippen LogP contribution in [0, 0.1) is 6.92 Å². The molecule has 3 heterocycles. The fourth-order valence-corrected chi connectivity index (χ4v) is 3.56. The third-order valence-electron chi connectivity index (χ3n) is 4.96. The van der Waals surface area contributed by atoms with E-state index in [2.05, 4.69) is 4.98 Å². The maximum atomic E-state index is 13.0. The molecule has 6 nitrogen and oxygen atoms in total. The Morgan fingerprint density at radius 1 is 1.19 bits per heavy atom. The molecule has 1 saturated heterocycles. The van der Waals surface area contributed by atoms with Crippen molar-refractivity contribution >= 4 is 17.5 Å². The van der Waals surface area contributed by atoms with Crippen molar-refractivity contribution in [3.8, 4) is 0 Å². The van der Waals surface area contributed by atoms with Crippen molar-refractivity contribution in [1.29, 1.82) is 0 Å². The van der Waals surface area contributed by atoms with Crippen LogP contribution in [-0.4, -0.2) is 48.0 Å². The van der Waals surface area contributed by atoms with E-state index in [0.717, 1.165) is 11.3 Å². The van der Waals surface area contributed by atoms with Crippen molar-refractivity contribution in [3.05, 3.63) is 59.4 Å². The largest absolute Gasteiger partial charge is 0.378 e. The molecule has 0 aliphatic carbocycles. The Morgan fingerprint density at radius 3 is 2.65 bits per heavy atom. The number of carbonyl (C=O) groups excluding carboxylic acids is 2. The summed E-state index contributed by atoms with van der Waals surface area (Å²) in [6.45, 7) is 4.32. The monoisotopic (exact) mass is 351 g/mol. The number of nitrogens with zero attached hydrogens (tertiary/aromatic N) is 3. The van der Waals surface area contributed by atoms with Gasteiger partial charge in [0.15, 0.2) is 0 Å². The number of hydrogen-bond donors (Lipinski definition) is 0. The van der Waals surface area contributed by atoms with Crippen molar-refractivity contribution < 1.29 is 14.3 Å². The Hall–Kier alpha value is -2.73. The second kappa shape index (κ2) is 6.88. The number of benzene rings is 1. The second-order valence-electron chi connectivity index (χ2n) is 6.66. The van der Waals surface area contributed by atoms with Crippen molar-refractivity contribution in [2.75, 3.05) is 31.2 Å². The summed E-state index contributed by atoms with van der Waals surface area (Å²) in [7, 11) is 0. The van der Waals surface area contributed by atoms with Gasteiger partial charge < -0.3 is 9.64 Å². The van der Waals surface area contributed by atoms with Gasteiger partial charge in [0.25, 0.3) is 5.91 Å². The first-order valence-electron chi connectivity index (χ1n) is 8.86. The van der Waals surface area contributed by atoms with E-state index in [-0.39, 0.29) is 24.3 Å². The van der Waals surface area contributed by atoms with Gasteiger partial charge in [-0.1, -0.05) is 17.7 Å². The summed E-state index contributed by atoms with van der Waals surface area (Å²) in [5, 5.41) is 0. The number of anilines is 1. The average Bonchev–Trinajstić information content (AvgIpc) is 2.95. The van der Waals surface area contributed by atoms with Crippen LogP contribution in [0.15, 0.2) is 42.6 Å². The lowest BCUT2D eigenvalue weighted by Gasteiger charge is -2.30. The fourth-order valence-electron chi connectivity index (χ4n) is 3.56. The van der Waals surface area contributed by atoms with Gasteiger partial charge in [0.2, 0.25) is 5.91 Å². The van der Waals surface area contributed by atoms with Gasteiger partial charge >= 0.3 is 0 Å². The van der Waals surface area contributed by atoms with E-state index in [1.54, 1.807) is 23.2 Å². The Bertz CT molecular complexity index is 828. The number of pyridine rings is 1. The standard InChI is InChI=1S/C20H21N3O3/c1-14-4-6-15(7-5-14)23-17(13-18(24)22-9-11-26-12-10-22)19-16(20(23)25)3-2-8-21-19/h2-8,17H,9-13H2,1H3. The zero-order valence-corrected chi connectivity index (χ0v) is 14.7. The molecule has 4 rings (SSSR count). The number of ether oxygens (including phenoxy) is 1. The normalized spacial score (nSPS) is 19.6. The number of fused-ring (bicyclic) bond motifs is 1. The van der Waals surface area contributed by atoms with Crippen LogP contribution in [0.25, 0.3) is 0 Å². The molecule has 0 N–H and O–H groups in total. The van der Waals surface area contributed by atoms with E-state index in [1.165, 1.54) is 0 Å². The van der Waals surface area contributed by atoms with Gasteiger partial charge in [0.05, 0.1) is 36.9 Å². The third kappa shape index (κ3) is 2.97. The molecule has 26 heavy (non-hydrogen) atoms. The van der Waals surface area contributed by atoms with Gasteiger partial charge in [-0.15, -0.1) is 0 Å². The molecular formula is C20H21N3O3. The lowest BCUT2D eigenvalue weighted by Crippen LogP contribution is -2.42. The van der Waals surface area contributed by atoms with Crippen LogP contribution in [0.4, 0.5) is 5.69 Å². The van der Waals surface area contributed by atoms with Gasteiger partial charge in [-0.2, -0.15) is 0 Å². The number of aromatic nitrogens is 1. The number of rotatable bonds is 3. The molecule has 134 valence electrons. The highest BCUT2D eigenvalue weighted by Crippen LogP contribution is 2.38. The molecule has 1 aromatic carbocycles. The minimum absolute atomic E-state index is 0.0294. The summed E-state index contributed by atoms with van der Waals surface area (Å²) in [5.74, 6) is -0.0709. The predicted molar refractivity (Wildman–Crippen MR) is 97.0 cm³/mol. The SMILES string of the molecule is Cc1ccc(N2C(=O)c3cccnc3C2CC(=O)N2CCOCC2)cc1. The quantitative estimate of drug-likeness (QED) is 0.851. The first-order chi connectivity index (χ1) is 12.6. The van der Waals surface area contributed by atoms with Crippen LogP contribution >= 0.6 is 0 Å². The van der Waals surface area contributed by atoms with Crippen LogP contribution in [0.5, 0.6) is 0 Å². The zero-order chi connectivity index (χ0) is 18.1. The molecule has 0 radical (unpaired) electrons. The minimum Gasteiger partial charge on any atom is -0.378 e. The molecule has 0 spiro atoms. The highest BCUT2D eigenvalue weighted by molar-refractivity contribution is 6.11. The summed E-state index contributed by atoms with van der Waals surface area (Å²) >= 11 is 0. The van der Waals surface area contributed by atoms with Crippen molar-refractivity contribution in [1.82, 2.24) is 9.88 Å². The Morgan fingerprint density at radius 2 is 1.92 bits per heavy atom. The summed E-state index contributed by atoms with van der Waals surface area (Å²) in [5.41, 5.74) is 3.17. The molecule has 0 bridgehead atoms. The summed E-state index contributed by atoms with van der Waals surface area (Å²) in [4.78, 5) is 33.7. The van der Waals surface area contributed by atoms with Gasteiger partial charge in [0.1, 0.15) is 0 Å². The highest BCUT2D eigenvalue weighted by Gasteiger charge is 2.40.